The van der Waals surface area contributed by atoms with Crippen molar-refractivity contribution in [2.45, 2.75) is 39.0 Å². The highest BCUT2D eigenvalue weighted by molar-refractivity contribution is 7.94. The monoisotopic (exact) mass is 394 g/mol. The van der Waals surface area contributed by atoms with Gasteiger partial charge in [0.2, 0.25) is 0 Å². The Morgan fingerprint density at radius 2 is 1.56 bits per heavy atom. The van der Waals surface area contributed by atoms with Crippen molar-refractivity contribution in [3.63, 3.8) is 0 Å². The predicted octanol–water partition coefficient (Wildman–Crippen LogP) is 3.79. The van der Waals surface area contributed by atoms with Gasteiger partial charge < -0.3 is 13.7 Å². The van der Waals surface area contributed by atoms with E-state index in [2.05, 4.69) is 6.92 Å². The second-order valence-corrected chi connectivity index (χ2v) is 7.16. The van der Waals surface area contributed by atoms with Crippen molar-refractivity contribution in [2.75, 3.05) is 39.0 Å². The fraction of sp³-hybridized carbons (Fsp3) is 0.647. The van der Waals surface area contributed by atoms with Crippen LogP contribution in [0.15, 0.2) is 29.2 Å². The molecule has 0 aromatic heterocycles. The van der Waals surface area contributed by atoms with Crippen molar-refractivity contribution in [1.82, 2.24) is 0 Å². The van der Waals surface area contributed by atoms with E-state index in [9.17, 15) is 8.42 Å². The molecule has 0 radical (unpaired) electrons. The van der Waals surface area contributed by atoms with Gasteiger partial charge in [0, 0.05) is 25.3 Å². The molecule has 0 bridgehead atoms. The average Bonchev–Trinajstić information content (AvgIpc) is 2.60. The smallest absolute Gasteiger partial charge is 0.297 e. The summed E-state index contributed by atoms with van der Waals surface area (Å²) in [6.45, 7) is 10.3. The van der Waals surface area contributed by atoms with Crippen LogP contribution in [-0.2, 0) is 28.0 Å². The van der Waals surface area contributed by atoms with E-state index < -0.39 is 10.1 Å². The van der Waals surface area contributed by atoms with Gasteiger partial charge in [0.05, 0.1) is 24.7 Å². The maximum atomic E-state index is 11.6. The molecule has 0 heterocycles. The van der Waals surface area contributed by atoms with Crippen LogP contribution in [-0.4, -0.2) is 47.4 Å². The second-order valence-electron chi connectivity index (χ2n) is 4.84. The van der Waals surface area contributed by atoms with E-state index in [4.69, 9.17) is 17.8 Å². The quantitative estimate of drug-likeness (QED) is 0.231. The first kappa shape index (κ1) is 24.4. The van der Waals surface area contributed by atoms with Gasteiger partial charge in [-0.3, -0.25) is 4.18 Å². The van der Waals surface area contributed by atoms with Crippen molar-refractivity contribution in [1.29, 1.82) is 0 Å². The van der Waals surface area contributed by atoms with Crippen LogP contribution in [0, 0.1) is 6.92 Å². The van der Waals surface area contributed by atoms with E-state index >= 15 is 0 Å². The van der Waals surface area contributed by atoms with Gasteiger partial charge in [0.15, 0.2) is 0 Å². The largest absolute Gasteiger partial charge is 0.379 e. The fourth-order valence-electron chi connectivity index (χ4n) is 1.41. The summed E-state index contributed by atoms with van der Waals surface area (Å²) in [5.41, 5.74) is 1.01. The Morgan fingerprint density at radius 3 is 2.12 bits per heavy atom. The normalized spacial score (nSPS) is 11.0. The lowest BCUT2D eigenvalue weighted by Crippen LogP contribution is -2.11. The molecule has 0 N–H and O–H groups in total. The third-order valence-corrected chi connectivity index (χ3v) is 4.61. The summed E-state index contributed by atoms with van der Waals surface area (Å²) in [5, 5.41) is 0. The Labute approximate surface area is 156 Å². The first-order valence-electron chi connectivity index (χ1n) is 8.33. The molecule has 25 heavy (non-hydrogen) atoms. The molecule has 0 atom stereocenters. The van der Waals surface area contributed by atoms with E-state index in [0.717, 1.165) is 25.2 Å². The third kappa shape index (κ3) is 13.3. The molecule has 0 aliphatic heterocycles. The van der Waals surface area contributed by atoms with Crippen LogP contribution in [0.5, 0.6) is 0 Å². The number of hydrogen-bond donors (Lipinski definition) is 0. The van der Waals surface area contributed by atoms with Crippen LogP contribution in [0.1, 0.15) is 32.8 Å². The average molecular weight is 395 g/mol. The van der Waals surface area contributed by atoms with Crippen LogP contribution in [0.25, 0.3) is 0 Å². The van der Waals surface area contributed by atoms with Crippen LogP contribution in [0.3, 0.4) is 0 Å². The van der Waals surface area contributed by atoms with Gasteiger partial charge in [0.25, 0.3) is 10.1 Å². The summed E-state index contributed by atoms with van der Waals surface area (Å²) in [7, 11) is -3.64. The molecule has 0 unspecified atom stereocenters. The number of ether oxygens (including phenoxy) is 2. The number of hydrogen-bond acceptors (Lipinski definition) is 7. The molecule has 0 saturated heterocycles. The van der Waals surface area contributed by atoms with Crippen molar-refractivity contribution in [3.8, 4) is 0 Å². The number of rotatable bonds is 12. The fourth-order valence-corrected chi connectivity index (χ4v) is 2.89. The SMILES string of the molecule is CCCOSCOCC.CCOCCOS(=O)(=O)c1ccc(C)cc1. The Hall–Kier alpha value is -0.640. The molecule has 8 heteroatoms. The van der Waals surface area contributed by atoms with Gasteiger partial charge in [-0.25, -0.2) is 0 Å². The van der Waals surface area contributed by atoms with Crippen molar-refractivity contribution < 1.29 is 26.3 Å². The molecule has 1 aromatic carbocycles. The topological polar surface area (TPSA) is 71.1 Å². The second kappa shape index (κ2) is 15.6. The van der Waals surface area contributed by atoms with E-state index in [1.165, 1.54) is 24.2 Å². The third-order valence-electron chi connectivity index (χ3n) is 2.69. The highest BCUT2D eigenvalue weighted by Crippen LogP contribution is 2.12. The molecule has 1 aromatic rings. The Balaban J connectivity index is 0.000000547. The molecule has 1 rings (SSSR count). The molecular formula is C17H30O6S2. The molecule has 0 aliphatic rings. The minimum absolute atomic E-state index is 0.0457. The van der Waals surface area contributed by atoms with Gasteiger partial charge in [0.1, 0.15) is 5.94 Å². The number of aryl methyl sites for hydroxylation is 1. The summed E-state index contributed by atoms with van der Waals surface area (Å²) in [4.78, 5) is 0.176. The molecule has 0 spiro atoms. The standard InChI is InChI=1S/C11H16O4S.C6H14O2S/c1-3-14-8-9-15-16(12,13)11-6-4-10(2)5-7-11;1-3-5-8-9-6-7-4-2/h4-7H,3,8-9H2,1-2H3;3-6H2,1-2H3. The highest BCUT2D eigenvalue weighted by Gasteiger charge is 2.14. The van der Waals surface area contributed by atoms with Crippen LogP contribution in [0.2, 0.25) is 0 Å². The molecule has 0 amide bonds. The van der Waals surface area contributed by atoms with Crippen LogP contribution in [0.4, 0.5) is 0 Å². The summed E-state index contributed by atoms with van der Waals surface area (Å²) >= 11 is 1.38. The van der Waals surface area contributed by atoms with Crippen LogP contribution >= 0.6 is 12.0 Å². The van der Waals surface area contributed by atoms with Gasteiger partial charge in [-0.15, -0.1) is 0 Å². The van der Waals surface area contributed by atoms with Gasteiger partial charge in [-0.05, 0) is 39.3 Å². The summed E-state index contributed by atoms with van der Waals surface area (Å²) in [5.74, 6) is 0.649. The summed E-state index contributed by atoms with van der Waals surface area (Å²) < 4.78 is 43.2. The van der Waals surface area contributed by atoms with Crippen molar-refractivity contribution >= 4 is 22.2 Å². The van der Waals surface area contributed by atoms with Gasteiger partial charge >= 0.3 is 0 Å². The Bertz CT molecular complexity index is 510. The van der Waals surface area contributed by atoms with Gasteiger partial charge in [-0.1, -0.05) is 24.6 Å². The predicted molar refractivity (Wildman–Crippen MR) is 101 cm³/mol. The summed E-state index contributed by atoms with van der Waals surface area (Å²) in [6.07, 6.45) is 1.07. The maximum Gasteiger partial charge on any atom is 0.297 e. The van der Waals surface area contributed by atoms with Crippen molar-refractivity contribution in [3.05, 3.63) is 29.8 Å². The molecule has 0 aliphatic carbocycles. The molecule has 146 valence electrons. The lowest BCUT2D eigenvalue weighted by molar-refractivity contribution is 0.112. The lowest BCUT2D eigenvalue weighted by atomic mass is 10.2. The summed E-state index contributed by atoms with van der Waals surface area (Å²) in [6, 6.07) is 6.54. The first-order chi connectivity index (χ1) is 12.0. The van der Waals surface area contributed by atoms with E-state index in [1.807, 2.05) is 20.8 Å². The number of benzene rings is 1. The minimum atomic E-state index is -3.64. The maximum absolute atomic E-state index is 11.6. The van der Waals surface area contributed by atoms with Crippen molar-refractivity contribution in [2.24, 2.45) is 0 Å². The highest BCUT2D eigenvalue weighted by atomic mass is 32.2. The van der Waals surface area contributed by atoms with Gasteiger partial charge in [-0.2, -0.15) is 8.42 Å². The minimum Gasteiger partial charge on any atom is -0.379 e. The van der Waals surface area contributed by atoms with E-state index in [0.29, 0.717) is 12.5 Å². The molecule has 0 saturated carbocycles. The zero-order valence-corrected chi connectivity index (χ0v) is 17.2. The van der Waals surface area contributed by atoms with E-state index in [1.54, 1.807) is 12.1 Å². The Kier molecular flexibility index (Phi) is 15.2. The van der Waals surface area contributed by atoms with E-state index in [-0.39, 0.29) is 18.1 Å². The first-order valence-corrected chi connectivity index (χ1v) is 10.7. The molecule has 6 nitrogen and oxygen atoms in total. The lowest BCUT2D eigenvalue weighted by Gasteiger charge is -2.05. The van der Waals surface area contributed by atoms with Crippen LogP contribution < -0.4 is 0 Å². The molecule has 0 fully saturated rings. The molecular weight excluding hydrogens is 364 g/mol. The Morgan fingerprint density at radius 1 is 0.920 bits per heavy atom. The zero-order chi connectivity index (χ0) is 19.0. The zero-order valence-electron chi connectivity index (χ0n) is 15.5.